The average molecular weight is 576 g/mol. The standard InChI is InChI=1S/C26H24F3N5O7/c27-26(28,29)41-18-3-1-16(2-4-18)38-17-7-10-32(11-8-17)24-30-21-13-19(5-6-22(21)40-24)37-15-20-9-12-33-14-23(34(35)36)31-25(33)39-20/h1-6,13-14,17,20H,7-12,15H2. The van der Waals surface area contributed by atoms with Crippen LogP contribution in [0.3, 0.4) is 0 Å². The van der Waals surface area contributed by atoms with E-state index in [1.807, 2.05) is 4.90 Å². The van der Waals surface area contributed by atoms with Crippen LogP contribution >= 0.6 is 0 Å². The Hall–Kier alpha value is -4.69. The first-order valence-corrected chi connectivity index (χ1v) is 12.9. The molecular formula is C26H24F3N5O7. The number of fused-ring (bicyclic) bond motifs is 2. The van der Waals surface area contributed by atoms with Gasteiger partial charge in [0.25, 0.3) is 6.01 Å². The van der Waals surface area contributed by atoms with Gasteiger partial charge in [0.15, 0.2) is 5.58 Å². The Morgan fingerprint density at radius 2 is 1.73 bits per heavy atom. The number of aromatic nitrogens is 3. The van der Waals surface area contributed by atoms with Gasteiger partial charge in [0, 0.05) is 49.9 Å². The number of ether oxygens (including phenoxy) is 4. The molecule has 1 saturated heterocycles. The smallest absolute Gasteiger partial charge is 0.490 e. The lowest BCUT2D eigenvalue weighted by molar-refractivity contribution is -0.389. The van der Waals surface area contributed by atoms with Gasteiger partial charge in [-0.3, -0.25) is 4.57 Å². The Morgan fingerprint density at radius 3 is 2.46 bits per heavy atom. The molecule has 2 aromatic carbocycles. The summed E-state index contributed by atoms with van der Waals surface area (Å²) in [6.45, 7) is 2.04. The number of hydrogen-bond donors (Lipinski definition) is 0. The highest BCUT2D eigenvalue weighted by Gasteiger charge is 2.31. The van der Waals surface area contributed by atoms with Crippen molar-refractivity contribution >= 4 is 22.9 Å². The minimum absolute atomic E-state index is 0.101. The quantitative estimate of drug-likeness (QED) is 0.207. The lowest BCUT2D eigenvalue weighted by Crippen LogP contribution is -2.38. The zero-order chi connectivity index (χ0) is 28.6. The number of piperidine rings is 1. The molecule has 4 aromatic rings. The third kappa shape index (κ3) is 6.23. The van der Waals surface area contributed by atoms with Gasteiger partial charge in [-0.1, -0.05) is 0 Å². The molecule has 0 radical (unpaired) electrons. The first-order valence-electron chi connectivity index (χ1n) is 12.9. The van der Waals surface area contributed by atoms with Gasteiger partial charge in [-0.15, -0.1) is 13.2 Å². The van der Waals surface area contributed by atoms with Gasteiger partial charge in [0.2, 0.25) is 0 Å². The second-order valence-corrected chi connectivity index (χ2v) is 9.62. The van der Waals surface area contributed by atoms with E-state index in [-0.39, 0.29) is 36.4 Å². The molecule has 0 amide bonds. The molecule has 15 heteroatoms. The summed E-state index contributed by atoms with van der Waals surface area (Å²) in [6.07, 6.45) is -1.81. The van der Waals surface area contributed by atoms with Crippen LogP contribution in [0.25, 0.3) is 11.1 Å². The summed E-state index contributed by atoms with van der Waals surface area (Å²) in [7, 11) is 0. The van der Waals surface area contributed by atoms with Crippen molar-refractivity contribution in [2.24, 2.45) is 0 Å². The molecule has 2 aromatic heterocycles. The van der Waals surface area contributed by atoms with Gasteiger partial charge in [0.1, 0.15) is 47.8 Å². The van der Waals surface area contributed by atoms with Crippen LogP contribution in [0.15, 0.2) is 53.1 Å². The first-order chi connectivity index (χ1) is 19.7. The van der Waals surface area contributed by atoms with Gasteiger partial charge in [-0.25, -0.2) is 0 Å². The molecule has 0 aliphatic carbocycles. The van der Waals surface area contributed by atoms with E-state index in [0.717, 1.165) is 0 Å². The molecule has 41 heavy (non-hydrogen) atoms. The third-order valence-electron chi connectivity index (χ3n) is 6.73. The van der Waals surface area contributed by atoms with Crippen molar-refractivity contribution in [1.82, 2.24) is 14.5 Å². The maximum atomic E-state index is 12.3. The van der Waals surface area contributed by atoms with Crippen LogP contribution in [0, 0.1) is 10.1 Å². The Labute approximate surface area is 230 Å². The molecule has 0 spiro atoms. The minimum atomic E-state index is -4.74. The number of nitrogens with zero attached hydrogens (tertiary/aromatic N) is 5. The normalized spacial score (nSPS) is 17.6. The monoisotopic (exact) mass is 575 g/mol. The Morgan fingerprint density at radius 1 is 1.00 bits per heavy atom. The van der Waals surface area contributed by atoms with Crippen LogP contribution < -0.4 is 23.8 Å². The van der Waals surface area contributed by atoms with Crippen molar-refractivity contribution in [1.29, 1.82) is 0 Å². The molecule has 0 saturated carbocycles. The van der Waals surface area contributed by atoms with E-state index in [4.69, 9.17) is 18.6 Å². The van der Waals surface area contributed by atoms with Crippen molar-refractivity contribution in [2.45, 2.75) is 44.4 Å². The molecule has 12 nitrogen and oxygen atoms in total. The fraction of sp³-hybridized carbons (Fsp3) is 0.385. The number of imidazole rings is 1. The molecule has 1 fully saturated rings. The molecule has 6 rings (SSSR count). The number of anilines is 1. The second kappa shape index (κ2) is 10.7. The summed E-state index contributed by atoms with van der Waals surface area (Å²) in [5.74, 6) is 0.503. The van der Waals surface area contributed by atoms with Crippen LogP contribution in [0.2, 0.25) is 0 Å². The molecule has 216 valence electrons. The van der Waals surface area contributed by atoms with Crippen LogP contribution in [0.4, 0.5) is 25.0 Å². The summed E-state index contributed by atoms with van der Waals surface area (Å²) in [6, 6.07) is 11.4. The second-order valence-electron chi connectivity index (χ2n) is 9.62. The van der Waals surface area contributed by atoms with E-state index in [0.29, 0.717) is 67.5 Å². The van der Waals surface area contributed by atoms with Crippen LogP contribution in [0.5, 0.6) is 23.3 Å². The number of rotatable bonds is 8. The summed E-state index contributed by atoms with van der Waals surface area (Å²) in [4.78, 5) is 20.9. The SMILES string of the molecule is O=[N+]([O-])c1cn2c(n1)OC(COc1ccc3oc(N4CCC(Oc5ccc(OC(F)(F)F)cc5)CC4)nc3c1)CC2. The van der Waals surface area contributed by atoms with Gasteiger partial charge >= 0.3 is 18.2 Å². The molecule has 0 N–H and O–H groups in total. The highest BCUT2D eigenvalue weighted by atomic mass is 19.4. The van der Waals surface area contributed by atoms with E-state index < -0.39 is 11.3 Å². The van der Waals surface area contributed by atoms with E-state index in [1.165, 1.54) is 30.5 Å². The van der Waals surface area contributed by atoms with Crippen molar-refractivity contribution in [3.05, 3.63) is 58.8 Å². The molecule has 4 heterocycles. The van der Waals surface area contributed by atoms with E-state index >= 15 is 0 Å². The van der Waals surface area contributed by atoms with Crippen LogP contribution in [-0.4, -0.2) is 57.7 Å². The molecule has 2 aliphatic rings. The number of hydrogen-bond acceptors (Lipinski definition) is 10. The van der Waals surface area contributed by atoms with E-state index in [2.05, 4.69) is 14.7 Å². The number of halogens is 3. The summed E-state index contributed by atoms with van der Waals surface area (Å²) >= 11 is 0. The fourth-order valence-corrected chi connectivity index (χ4v) is 4.72. The highest BCUT2D eigenvalue weighted by molar-refractivity contribution is 5.76. The molecule has 2 aliphatic heterocycles. The summed E-state index contributed by atoms with van der Waals surface area (Å²) in [5, 5.41) is 10.9. The Balaban J connectivity index is 1.01. The zero-order valence-electron chi connectivity index (χ0n) is 21.5. The van der Waals surface area contributed by atoms with Crippen LogP contribution in [0.1, 0.15) is 19.3 Å². The van der Waals surface area contributed by atoms with Gasteiger partial charge in [-0.2, -0.15) is 4.98 Å². The zero-order valence-corrected chi connectivity index (χ0v) is 21.5. The van der Waals surface area contributed by atoms with Gasteiger partial charge < -0.3 is 38.4 Å². The third-order valence-corrected chi connectivity index (χ3v) is 6.73. The average Bonchev–Trinajstić information content (AvgIpc) is 3.56. The summed E-state index contributed by atoms with van der Waals surface area (Å²) < 4.78 is 66.1. The van der Waals surface area contributed by atoms with Crippen molar-refractivity contribution in [3.8, 4) is 23.3 Å². The fourth-order valence-electron chi connectivity index (χ4n) is 4.72. The highest BCUT2D eigenvalue weighted by Crippen LogP contribution is 2.30. The maximum absolute atomic E-state index is 12.3. The molecular weight excluding hydrogens is 551 g/mol. The van der Waals surface area contributed by atoms with Crippen LogP contribution in [-0.2, 0) is 6.54 Å². The van der Waals surface area contributed by atoms with Crippen molar-refractivity contribution in [3.63, 3.8) is 0 Å². The van der Waals surface area contributed by atoms with Crippen molar-refractivity contribution < 1.29 is 41.5 Å². The number of nitro groups is 1. The van der Waals surface area contributed by atoms with E-state index in [1.54, 1.807) is 22.8 Å². The topological polar surface area (TPSA) is 127 Å². The number of aryl methyl sites for hydroxylation is 1. The van der Waals surface area contributed by atoms with Crippen molar-refractivity contribution in [2.75, 3.05) is 24.6 Å². The van der Waals surface area contributed by atoms with E-state index in [9.17, 15) is 23.3 Å². The molecule has 1 unspecified atom stereocenters. The number of oxazole rings is 1. The minimum Gasteiger partial charge on any atom is -0.490 e. The van der Waals surface area contributed by atoms with Gasteiger partial charge in [-0.05, 0) is 41.3 Å². The predicted molar refractivity (Wildman–Crippen MR) is 136 cm³/mol. The number of alkyl halides is 3. The largest absolute Gasteiger partial charge is 0.573 e. The van der Waals surface area contributed by atoms with Gasteiger partial charge in [0.05, 0.1) is 0 Å². The Kier molecular flexibility index (Phi) is 6.93. The predicted octanol–water partition coefficient (Wildman–Crippen LogP) is 5.11. The first kappa shape index (κ1) is 26.5. The molecule has 0 bridgehead atoms. The number of benzene rings is 2. The summed E-state index contributed by atoms with van der Waals surface area (Å²) in [5.41, 5.74) is 1.24. The lowest BCUT2D eigenvalue weighted by atomic mass is 10.1. The molecule has 1 atom stereocenters. The Bertz CT molecular complexity index is 1530. The maximum Gasteiger partial charge on any atom is 0.573 e. The lowest BCUT2D eigenvalue weighted by Gasteiger charge is -2.31.